The maximum Gasteiger partial charge on any atom is 0.318 e. The minimum atomic E-state index is -0.0119. The summed E-state index contributed by atoms with van der Waals surface area (Å²) in [5.41, 5.74) is 0.920. The number of nitrogens with one attached hydrogen (secondary N) is 2. The van der Waals surface area contributed by atoms with Gasteiger partial charge in [-0.1, -0.05) is 6.07 Å². The Kier molecular flexibility index (Phi) is 4.15. The summed E-state index contributed by atoms with van der Waals surface area (Å²) in [6, 6.07) is 6.18. The van der Waals surface area contributed by atoms with E-state index in [9.17, 15) is 4.79 Å². The maximum absolute atomic E-state index is 12.2. The summed E-state index contributed by atoms with van der Waals surface area (Å²) in [6.07, 6.45) is 1.76. The zero-order chi connectivity index (χ0) is 13.0. The van der Waals surface area contributed by atoms with E-state index >= 15 is 0 Å². The summed E-state index contributed by atoms with van der Waals surface area (Å²) in [5.74, 6) is 0. The largest absolute Gasteiger partial charge is 0.336 e. The third kappa shape index (κ3) is 3.20. The van der Waals surface area contributed by atoms with Gasteiger partial charge in [-0.15, -0.1) is 0 Å². The summed E-state index contributed by atoms with van der Waals surface area (Å²) in [6.45, 7) is 6.22. The molecule has 2 amide bonds. The maximum atomic E-state index is 12.2. The van der Waals surface area contributed by atoms with Crippen LogP contribution in [-0.2, 0) is 6.54 Å². The molecule has 0 aromatic carbocycles. The molecule has 2 heterocycles. The molecule has 1 aromatic heterocycles. The van der Waals surface area contributed by atoms with Crippen molar-refractivity contribution in [1.29, 1.82) is 0 Å². The standard InChI is InChI=1S/C13H20N4O/c1-10(2)16-13(18)17(12-7-14-8-12)9-11-5-3-4-6-15-11/h3-6,10,12,14H,7-9H2,1-2H3,(H,16,18). The van der Waals surface area contributed by atoms with Crippen molar-refractivity contribution in [3.63, 3.8) is 0 Å². The fourth-order valence-corrected chi connectivity index (χ4v) is 1.86. The number of urea groups is 1. The molecule has 18 heavy (non-hydrogen) atoms. The van der Waals surface area contributed by atoms with Crippen LogP contribution in [0.15, 0.2) is 24.4 Å². The first-order valence-corrected chi connectivity index (χ1v) is 6.34. The first-order chi connectivity index (χ1) is 8.66. The Morgan fingerprint density at radius 2 is 2.33 bits per heavy atom. The molecule has 2 rings (SSSR count). The topological polar surface area (TPSA) is 57.3 Å². The minimum Gasteiger partial charge on any atom is -0.336 e. The van der Waals surface area contributed by atoms with E-state index in [2.05, 4.69) is 15.6 Å². The van der Waals surface area contributed by atoms with Gasteiger partial charge in [-0.2, -0.15) is 0 Å². The molecule has 5 nitrogen and oxygen atoms in total. The lowest BCUT2D eigenvalue weighted by Crippen LogP contribution is -2.60. The van der Waals surface area contributed by atoms with Crippen LogP contribution in [0.2, 0.25) is 0 Å². The van der Waals surface area contributed by atoms with Gasteiger partial charge in [0.1, 0.15) is 0 Å². The van der Waals surface area contributed by atoms with Crippen molar-refractivity contribution in [2.24, 2.45) is 0 Å². The third-order valence-corrected chi connectivity index (χ3v) is 2.93. The lowest BCUT2D eigenvalue weighted by Gasteiger charge is -2.38. The molecule has 1 aliphatic heterocycles. The van der Waals surface area contributed by atoms with Gasteiger partial charge >= 0.3 is 6.03 Å². The van der Waals surface area contributed by atoms with E-state index in [4.69, 9.17) is 0 Å². The number of hydrogen-bond donors (Lipinski definition) is 2. The highest BCUT2D eigenvalue weighted by Crippen LogP contribution is 2.10. The molecule has 1 fully saturated rings. The number of amides is 2. The SMILES string of the molecule is CC(C)NC(=O)N(Cc1ccccn1)C1CNC1. The van der Waals surface area contributed by atoms with Gasteiger partial charge in [0, 0.05) is 25.3 Å². The lowest BCUT2D eigenvalue weighted by atomic mass is 10.1. The van der Waals surface area contributed by atoms with E-state index in [-0.39, 0.29) is 18.1 Å². The zero-order valence-corrected chi connectivity index (χ0v) is 10.9. The Hall–Kier alpha value is -1.62. The first kappa shape index (κ1) is 12.8. The number of carbonyl (C=O) groups is 1. The van der Waals surface area contributed by atoms with Gasteiger partial charge in [0.05, 0.1) is 18.3 Å². The second-order valence-corrected chi connectivity index (χ2v) is 4.87. The molecule has 0 atom stereocenters. The van der Waals surface area contributed by atoms with Crippen molar-refractivity contribution in [1.82, 2.24) is 20.5 Å². The van der Waals surface area contributed by atoms with E-state index in [0.29, 0.717) is 6.54 Å². The molecular formula is C13H20N4O. The fraction of sp³-hybridized carbons (Fsp3) is 0.538. The van der Waals surface area contributed by atoms with Crippen LogP contribution >= 0.6 is 0 Å². The van der Waals surface area contributed by atoms with Crippen LogP contribution in [0, 0.1) is 0 Å². The van der Waals surface area contributed by atoms with Crippen LogP contribution in [0.4, 0.5) is 4.79 Å². The molecule has 0 radical (unpaired) electrons. The van der Waals surface area contributed by atoms with Crippen LogP contribution in [0.3, 0.4) is 0 Å². The molecule has 1 aromatic rings. The number of pyridine rings is 1. The summed E-state index contributed by atoms with van der Waals surface area (Å²) < 4.78 is 0. The lowest BCUT2D eigenvalue weighted by molar-refractivity contribution is 0.142. The molecule has 0 saturated carbocycles. The summed E-state index contributed by atoms with van der Waals surface area (Å²) in [4.78, 5) is 18.3. The molecule has 0 aliphatic carbocycles. The van der Waals surface area contributed by atoms with Crippen molar-refractivity contribution in [3.05, 3.63) is 30.1 Å². The van der Waals surface area contributed by atoms with Gasteiger partial charge in [0.2, 0.25) is 0 Å². The van der Waals surface area contributed by atoms with E-state index in [1.807, 2.05) is 36.9 Å². The Bertz CT molecular complexity index is 389. The van der Waals surface area contributed by atoms with E-state index in [0.717, 1.165) is 18.8 Å². The molecular weight excluding hydrogens is 228 g/mol. The number of aromatic nitrogens is 1. The van der Waals surface area contributed by atoms with Crippen LogP contribution < -0.4 is 10.6 Å². The highest BCUT2D eigenvalue weighted by molar-refractivity contribution is 5.75. The predicted octanol–water partition coefficient (Wildman–Crippen LogP) is 0.973. The smallest absolute Gasteiger partial charge is 0.318 e. The Labute approximate surface area is 108 Å². The molecule has 1 aliphatic rings. The molecule has 98 valence electrons. The normalized spacial score (nSPS) is 15.3. The van der Waals surface area contributed by atoms with Crippen molar-refractivity contribution < 1.29 is 4.79 Å². The van der Waals surface area contributed by atoms with Gasteiger partial charge in [-0.05, 0) is 26.0 Å². The third-order valence-electron chi connectivity index (χ3n) is 2.93. The molecule has 0 unspecified atom stereocenters. The summed E-state index contributed by atoms with van der Waals surface area (Å²) in [5, 5.41) is 6.14. The molecule has 1 saturated heterocycles. The highest BCUT2D eigenvalue weighted by Gasteiger charge is 2.29. The van der Waals surface area contributed by atoms with Crippen molar-refractivity contribution >= 4 is 6.03 Å². The van der Waals surface area contributed by atoms with Crippen LogP contribution in [0.1, 0.15) is 19.5 Å². The predicted molar refractivity (Wildman–Crippen MR) is 70.1 cm³/mol. The van der Waals surface area contributed by atoms with Crippen molar-refractivity contribution in [3.8, 4) is 0 Å². The second-order valence-electron chi connectivity index (χ2n) is 4.87. The summed E-state index contributed by atoms with van der Waals surface area (Å²) in [7, 11) is 0. The average molecular weight is 248 g/mol. The van der Waals surface area contributed by atoms with Gasteiger partial charge in [0.25, 0.3) is 0 Å². The number of hydrogen-bond acceptors (Lipinski definition) is 3. The van der Waals surface area contributed by atoms with Crippen molar-refractivity contribution in [2.75, 3.05) is 13.1 Å². The monoisotopic (exact) mass is 248 g/mol. The molecule has 5 heteroatoms. The zero-order valence-electron chi connectivity index (χ0n) is 10.9. The van der Waals surface area contributed by atoms with Crippen LogP contribution in [0.5, 0.6) is 0 Å². The average Bonchev–Trinajstić information content (AvgIpc) is 2.26. The highest BCUT2D eigenvalue weighted by atomic mass is 16.2. The molecule has 0 bridgehead atoms. The summed E-state index contributed by atoms with van der Waals surface area (Å²) >= 11 is 0. The molecule has 2 N–H and O–H groups in total. The fourth-order valence-electron chi connectivity index (χ4n) is 1.86. The second kappa shape index (κ2) is 5.82. The Morgan fingerprint density at radius 3 is 2.83 bits per heavy atom. The van der Waals surface area contributed by atoms with E-state index < -0.39 is 0 Å². The van der Waals surface area contributed by atoms with Crippen LogP contribution in [-0.4, -0.2) is 41.1 Å². The van der Waals surface area contributed by atoms with Crippen molar-refractivity contribution in [2.45, 2.75) is 32.5 Å². The first-order valence-electron chi connectivity index (χ1n) is 6.34. The Balaban J connectivity index is 2.03. The van der Waals surface area contributed by atoms with Gasteiger partial charge < -0.3 is 15.5 Å². The van der Waals surface area contributed by atoms with E-state index in [1.165, 1.54) is 0 Å². The van der Waals surface area contributed by atoms with E-state index in [1.54, 1.807) is 6.20 Å². The number of carbonyl (C=O) groups excluding carboxylic acids is 1. The molecule has 0 spiro atoms. The minimum absolute atomic E-state index is 0.0119. The van der Waals surface area contributed by atoms with Gasteiger partial charge in [-0.3, -0.25) is 4.98 Å². The quantitative estimate of drug-likeness (QED) is 0.835. The Morgan fingerprint density at radius 1 is 1.56 bits per heavy atom. The number of rotatable bonds is 4. The van der Waals surface area contributed by atoms with Crippen LogP contribution in [0.25, 0.3) is 0 Å². The van der Waals surface area contributed by atoms with Gasteiger partial charge in [-0.25, -0.2) is 4.79 Å². The van der Waals surface area contributed by atoms with Gasteiger partial charge in [0.15, 0.2) is 0 Å². The number of nitrogens with zero attached hydrogens (tertiary/aromatic N) is 2.